The Hall–Kier alpha value is -2.86. The molecule has 130 valence electrons. The molecule has 6 heteroatoms. The van der Waals surface area contributed by atoms with Crippen LogP contribution in [0.1, 0.15) is 5.56 Å². The molecule has 0 amide bonds. The Morgan fingerprint density at radius 1 is 1.36 bits per heavy atom. The van der Waals surface area contributed by atoms with Gasteiger partial charge in [-0.15, -0.1) is 0 Å². The summed E-state index contributed by atoms with van der Waals surface area (Å²) < 4.78 is 5.45. The number of anilines is 1. The van der Waals surface area contributed by atoms with E-state index in [4.69, 9.17) is 15.5 Å². The molecule has 6 nitrogen and oxygen atoms in total. The molecule has 0 aliphatic carbocycles. The van der Waals surface area contributed by atoms with Gasteiger partial charge in [-0.2, -0.15) is 0 Å². The van der Waals surface area contributed by atoms with Crippen LogP contribution in [0.5, 0.6) is 0 Å². The van der Waals surface area contributed by atoms with Gasteiger partial charge < -0.3 is 20.3 Å². The summed E-state index contributed by atoms with van der Waals surface area (Å²) in [4.78, 5) is 19.9. The number of nitrogens with two attached hydrogens (primary N) is 1. The molecule has 2 aliphatic heterocycles. The number of morpholine rings is 1. The van der Waals surface area contributed by atoms with Crippen molar-refractivity contribution in [2.45, 2.75) is 0 Å². The van der Waals surface area contributed by atoms with Crippen LogP contribution in [-0.4, -0.2) is 55.1 Å². The van der Waals surface area contributed by atoms with Crippen molar-refractivity contribution in [3.63, 3.8) is 0 Å². The molecule has 0 spiro atoms. The average molecular weight is 338 g/mol. The predicted molar refractivity (Wildman–Crippen MR) is 98.9 cm³/mol. The Labute approximate surface area is 147 Å². The monoisotopic (exact) mass is 338 g/mol. The van der Waals surface area contributed by atoms with Gasteiger partial charge in [0.15, 0.2) is 0 Å². The first kappa shape index (κ1) is 17.0. The number of nitrogen functional groups attached to an aromatic ring is 1. The number of rotatable bonds is 4. The number of carbonyl (C=O) groups excluding carboxylic acids is 1. The Kier molecular flexibility index (Phi) is 5.00. The minimum atomic E-state index is 0.376. The van der Waals surface area contributed by atoms with Gasteiger partial charge in [-0.1, -0.05) is 18.7 Å². The van der Waals surface area contributed by atoms with Crippen molar-refractivity contribution < 1.29 is 9.53 Å². The molecule has 1 saturated heterocycles. The van der Waals surface area contributed by atoms with Gasteiger partial charge in [0.2, 0.25) is 0 Å². The SMILES string of the molecule is C=C(C=O)/C=C1/N=C(c2cccc(N)c2)C=C(N2CCOCC2)N1C. The molecule has 2 aliphatic rings. The van der Waals surface area contributed by atoms with E-state index in [9.17, 15) is 4.79 Å². The van der Waals surface area contributed by atoms with Crippen molar-refractivity contribution in [1.29, 1.82) is 0 Å². The fourth-order valence-electron chi connectivity index (χ4n) is 2.84. The van der Waals surface area contributed by atoms with Gasteiger partial charge in [0.25, 0.3) is 0 Å². The van der Waals surface area contributed by atoms with Gasteiger partial charge in [0.1, 0.15) is 17.9 Å². The fourth-order valence-corrected chi connectivity index (χ4v) is 2.84. The second-order valence-corrected chi connectivity index (χ2v) is 5.98. The van der Waals surface area contributed by atoms with Crippen LogP contribution in [0.2, 0.25) is 0 Å². The molecule has 1 aromatic carbocycles. The molecule has 3 rings (SSSR count). The summed E-state index contributed by atoms with van der Waals surface area (Å²) in [7, 11) is 1.94. The van der Waals surface area contributed by atoms with Crippen LogP contribution in [-0.2, 0) is 9.53 Å². The lowest BCUT2D eigenvalue weighted by molar-refractivity contribution is -0.104. The average Bonchev–Trinajstić information content (AvgIpc) is 2.64. The molecular formula is C19H22N4O2. The summed E-state index contributed by atoms with van der Waals surface area (Å²) in [5.74, 6) is 1.68. The lowest BCUT2D eigenvalue weighted by Gasteiger charge is -2.38. The molecule has 0 aromatic heterocycles. The minimum Gasteiger partial charge on any atom is -0.399 e. The van der Waals surface area contributed by atoms with Crippen LogP contribution in [0, 0.1) is 0 Å². The molecule has 0 unspecified atom stereocenters. The van der Waals surface area contributed by atoms with Gasteiger partial charge in [0.05, 0.1) is 18.9 Å². The Bertz CT molecular complexity index is 773. The number of allylic oxidation sites excluding steroid dienone is 3. The van der Waals surface area contributed by atoms with Crippen LogP contribution >= 0.6 is 0 Å². The van der Waals surface area contributed by atoms with Gasteiger partial charge in [0, 0.05) is 43.0 Å². The predicted octanol–water partition coefficient (Wildman–Crippen LogP) is 1.77. The molecule has 25 heavy (non-hydrogen) atoms. The number of aliphatic imine (C=N–C) groups is 1. The van der Waals surface area contributed by atoms with E-state index >= 15 is 0 Å². The lowest BCUT2D eigenvalue weighted by atomic mass is 10.1. The molecule has 2 heterocycles. The van der Waals surface area contributed by atoms with E-state index in [1.54, 1.807) is 6.08 Å². The topological polar surface area (TPSA) is 71.2 Å². The highest BCUT2D eigenvalue weighted by Gasteiger charge is 2.24. The van der Waals surface area contributed by atoms with Crippen LogP contribution in [0.4, 0.5) is 5.69 Å². The third-order valence-electron chi connectivity index (χ3n) is 4.17. The summed E-state index contributed by atoms with van der Waals surface area (Å²) in [6.07, 6.45) is 4.46. The highest BCUT2D eigenvalue weighted by molar-refractivity contribution is 6.10. The largest absolute Gasteiger partial charge is 0.399 e. The van der Waals surface area contributed by atoms with E-state index in [1.807, 2.05) is 42.3 Å². The van der Waals surface area contributed by atoms with E-state index in [0.717, 1.165) is 36.5 Å². The maximum Gasteiger partial charge on any atom is 0.149 e. The van der Waals surface area contributed by atoms with Crippen LogP contribution < -0.4 is 5.73 Å². The van der Waals surface area contributed by atoms with Crippen molar-refractivity contribution in [2.75, 3.05) is 39.1 Å². The quantitative estimate of drug-likeness (QED) is 0.515. The highest BCUT2D eigenvalue weighted by atomic mass is 16.5. The molecule has 0 bridgehead atoms. The van der Waals surface area contributed by atoms with Crippen LogP contribution in [0.15, 0.2) is 65.2 Å². The first-order valence-corrected chi connectivity index (χ1v) is 8.17. The smallest absolute Gasteiger partial charge is 0.149 e. The maximum atomic E-state index is 11.0. The summed E-state index contributed by atoms with van der Waals surface area (Å²) in [5, 5.41) is 0. The van der Waals surface area contributed by atoms with Gasteiger partial charge in [-0.25, -0.2) is 4.99 Å². The molecule has 1 fully saturated rings. The summed E-state index contributed by atoms with van der Waals surface area (Å²) >= 11 is 0. The van der Waals surface area contributed by atoms with Crippen LogP contribution in [0.25, 0.3) is 0 Å². The van der Waals surface area contributed by atoms with E-state index in [-0.39, 0.29) is 0 Å². The standard InChI is InChI=1S/C19H22N4O2/c1-14(13-24)10-18-21-17(15-4-3-5-16(20)11-15)12-19(22(18)2)23-6-8-25-9-7-23/h3-5,10-13H,1,6-9,20H2,2H3/b18-10-. The lowest BCUT2D eigenvalue weighted by Crippen LogP contribution is -2.42. The second-order valence-electron chi connectivity index (χ2n) is 5.98. The Balaban J connectivity index is 2.04. The Morgan fingerprint density at radius 3 is 2.80 bits per heavy atom. The number of hydrogen-bond donors (Lipinski definition) is 1. The maximum absolute atomic E-state index is 11.0. The summed E-state index contributed by atoms with van der Waals surface area (Å²) in [6.45, 7) is 6.73. The highest BCUT2D eigenvalue weighted by Crippen LogP contribution is 2.25. The zero-order valence-corrected chi connectivity index (χ0v) is 14.3. The van der Waals surface area contributed by atoms with E-state index in [2.05, 4.69) is 11.5 Å². The molecular weight excluding hydrogens is 316 g/mol. The molecule has 0 atom stereocenters. The van der Waals surface area contributed by atoms with Crippen molar-refractivity contribution in [2.24, 2.45) is 4.99 Å². The second kappa shape index (κ2) is 7.36. The molecule has 2 N–H and O–H groups in total. The molecule has 0 radical (unpaired) electrons. The van der Waals surface area contributed by atoms with Gasteiger partial charge >= 0.3 is 0 Å². The van der Waals surface area contributed by atoms with Crippen molar-refractivity contribution in [3.8, 4) is 0 Å². The third kappa shape index (κ3) is 3.80. The zero-order chi connectivity index (χ0) is 17.8. The molecule has 1 aromatic rings. The first-order valence-electron chi connectivity index (χ1n) is 8.17. The number of carbonyl (C=O) groups is 1. The van der Waals surface area contributed by atoms with Crippen LogP contribution in [0.3, 0.4) is 0 Å². The van der Waals surface area contributed by atoms with E-state index in [0.29, 0.717) is 30.3 Å². The Morgan fingerprint density at radius 2 is 2.12 bits per heavy atom. The molecule has 0 saturated carbocycles. The number of hydrogen-bond acceptors (Lipinski definition) is 6. The first-order chi connectivity index (χ1) is 12.1. The van der Waals surface area contributed by atoms with Crippen molar-refractivity contribution >= 4 is 17.7 Å². The van der Waals surface area contributed by atoms with Gasteiger partial charge in [-0.3, -0.25) is 4.79 Å². The van der Waals surface area contributed by atoms with Crippen molar-refractivity contribution in [1.82, 2.24) is 9.80 Å². The summed E-state index contributed by atoms with van der Waals surface area (Å²) in [6, 6.07) is 7.61. The number of ether oxygens (including phenoxy) is 1. The summed E-state index contributed by atoms with van der Waals surface area (Å²) in [5.41, 5.74) is 8.71. The third-order valence-corrected chi connectivity index (χ3v) is 4.17. The number of benzene rings is 1. The van der Waals surface area contributed by atoms with Gasteiger partial charge in [-0.05, 0) is 18.2 Å². The zero-order valence-electron chi connectivity index (χ0n) is 14.3. The van der Waals surface area contributed by atoms with E-state index < -0.39 is 0 Å². The normalized spacial score (nSPS) is 19.5. The number of aldehydes is 1. The van der Waals surface area contributed by atoms with Crippen molar-refractivity contribution in [3.05, 3.63) is 65.8 Å². The fraction of sp³-hybridized carbons (Fsp3) is 0.263. The number of nitrogens with zero attached hydrogens (tertiary/aromatic N) is 3. The minimum absolute atomic E-state index is 0.376. The van der Waals surface area contributed by atoms with E-state index in [1.165, 1.54) is 0 Å².